The molecule has 1 aliphatic rings. The first-order valence-electron chi connectivity index (χ1n) is 8.80. The molecule has 1 aromatic carbocycles. The van der Waals surface area contributed by atoms with Crippen LogP contribution in [0.15, 0.2) is 43.0 Å². The van der Waals surface area contributed by atoms with Crippen molar-refractivity contribution in [1.82, 2.24) is 0 Å². The first-order valence-corrected chi connectivity index (χ1v) is 11.4. The molecule has 2 rings (SSSR count). The molecule has 0 N–H and O–H groups in total. The smallest absolute Gasteiger partial charge is 0.225 e. The molecule has 1 aromatic rings. The summed E-state index contributed by atoms with van der Waals surface area (Å²) in [6.07, 6.45) is 6.36. The lowest BCUT2D eigenvalue weighted by Gasteiger charge is -2.42. The lowest BCUT2D eigenvalue weighted by molar-refractivity contribution is 0.0411. The van der Waals surface area contributed by atoms with Crippen molar-refractivity contribution in [1.29, 1.82) is 0 Å². The Morgan fingerprint density at radius 3 is 2.55 bits per heavy atom. The second-order valence-electron chi connectivity index (χ2n) is 7.57. The van der Waals surface area contributed by atoms with Gasteiger partial charge in [-0.05, 0) is 48.4 Å². The summed E-state index contributed by atoms with van der Waals surface area (Å²) in [6.45, 7) is 13.4. The molecule has 2 heteroatoms. The van der Waals surface area contributed by atoms with Crippen molar-refractivity contribution in [3.63, 3.8) is 0 Å². The van der Waals surface area contributed by atoms with Gasteiger partial charge in [-0.2, -0.15) is 0 Å². The van der Waals surface area contributed by atoms with Gasteiger partial charge in [0.25, 0.3) is 0 Å². The van der Waals surface area contributed by atoms with E-state index in [1.807, 2.05) is 0 Å². The largest absolute Gasteiger partial charge is 0.409 e. The van der Waals surface area contributed by atoms with Crippen molar-refractivity contribution >= 4 is 13.5 Å². The molecule has 122 valence electrons. The lowest BCUT2D eigenvalue weighted by atomic mass is 9.75. The average molecular weight is 317 g/mol. The monoisotopic (exact) mass is 316 g/mol. The van der Waals surface area contributed by atoms with E-state index in [-0.39, 0.29) is 0 Å². The quantitative estimate of drug-likeness (QED) is 0.522. The van der Waals surface area contributed by atoms with Crippen LogP contribution in [0.5, 0.6) is 0 Å². The third kappa shape index (κ3) is 4.11. The Balaban J connectivity index is 2.23. The molecule has 4 atom stereocenters. The molecular weight excluding hydrogens is 284 g/mol. The van der Waals surface area contributed by atoms with E-state index in [9.17, 15) is 0 Å². The summed E-state index contributed by atoms with van der Waals surface area (Å²) in [5, 5.41) is 1.40. The third-order valence-electron chi connectivity index (χ3n) is 5.29. The zero-order valence-electron chi connectivity index (χ0n) is 14.7. The minimum atomic E-state index is -1.95. The first-order chi connectivity index (χ1) is 10.5. The first kappa shape index (κ1) is 17.5. The Hall–Kier alpha value is -0.863. The fraction of sp³-hybridized carbons (Fsp3) is 0.600. The molecule has 0 spiro atoms. The summed E-state index contributed by atoms with van der Waals surface area (Å²) >= 11 is 0. The number of allylic oxidation sites excluding steroid dienone is 1. The Morgan fingerprint density at radius 1 is 1.27 bits per heavy atom. The average Bonchev–Trinajstić information content (AvgIpc) is 2.48. The lowest BCUT2D eigenvalue weighted by Crippen LogP contribution is -2.52. The van der Waals surface area contributed by atoms with Crippen molar-refractivity contribution in [3.8, 4) is 0 Å². The number of hydrogen-bond acceptors (Lipinski definition) is 1. The maximum absolute atomic E-state index is 6.92. The molecule has 0 amide bonds. The maximum Gasteiger partial charge on any atom is 0.225 e. The Labute approximate surface area is 137 Å². The number of benzene rings is 1. The van der Waals surface area contributed by atoms with E-state index in [4.69, 9.17) is 4.43 Å². The van der Waals surface area contributed by atoms with Gasteiger partial charge in [-0.3, -0.25) is 0 Å². The minimum Gasteiger partial charge on any atom is -0.409 e. The van der Waals surface area contributed by atoms with Gasteiger partial charge >= 0.3 is 0 Å². The van der Waals surface area contributed by atoms with Gasteiger partial charge in [-0.25, -0.2) is 0 Å². The normalized spacial score (nSPS) is 28.3. The molecule has 0 heterocycles. The van der Waals surface area contributed by atoms with Crippen LogP contribution in [0.4, 0.5) is 0 Å². The molecule has 22 heavy (non-hydrogen) atoms. The van der Waals surface area contributed by atoms with E-state index in [1.165, 1.54) is 24.4 Å². The molecule has 0 aliphatic heterocycles. The summed E-state index contributed by atoms with van der Waals surface area (Å²) in [4.78, 5) is 0. The minimum absolute atomic E-state index is 0.417. The van der Waals surface area contributed by atoms with Crippen LogP contribution < -0.4 is 5.19 Å². The van der Waals surface area contributed by atoms with E-state index in [1.54, 1.807) is 0 Å². The summed E-state index contributed by atoms with van der Waals surface area (Å²) in [6, 6.07) is 11.8. The molecule has 1 fully saturated rings. The van der Waals surface area contributed by atoms with Gasteiger partial charge in [0.15, 0.2) is 0 Å². The van der Waals surface area contributed by atoms with Crippen LogP contribution in [-0.4, -0.2) is 14.4 Å². The van der Waals surface area contributed by atoms with Crippen LogP contribution >= 0.6 is 0 Å². The van der Waals surface area contributed by atoms with Gasteiger partial charge in [-0.15, -0.1) is 6.58 Å². The van der Waals surface area contributed by atoms with E-state index in [0.717, 1.165) is 12.0 Å². The fourth-order valence-electron chi connectivity index (χ4n) is 3.88. The maximum atomic E-state index is 6.92. The predicted octanol–water partition coefficient (Wildman–Crippen LogP) is 5.13. The number of hydrogen-bond donors (Lipinski definition) is 0. The van der Waals surface area contributed by atoms with E-state index in [2.05, 4.69) is 70.3 Å². The molecule has 0 saturated heterocycles. The molecule has 0 bridgehead atoms. The molecule has 1 saturated carbocycles. The van der Waals surface area contributed by atoms with E-state index in [0.29, 0.717) is 17.9 Å². The fourth-order valence-corrected chi connectivity index (χ4v) is 6.74. The second-order valence-corrected chi connectivity index (χ2v) is 11.3. The molecular formula is C20H32OSi. The Kier molecular flexibility index (Phi) is 6.05. The topological polar surface area (TPSA) is 9.23 Å². The van der Waals surface area contributed by atoms with Crippen LogP contribution in [0.2, 0.25) is 12.6 Å². The zero-order chi connectivity index (χ0) is 16.2. The van der Waals surface area contributed by atoms with Gasteiger partial charge in [0.05, 0.1) is 0 Å². The van der Waals surface area contributed by atoms with E-state index < -0.39 is 8.32 Å². The van der Waals surface area contributed by atoms with Crippen LogP contribution in [0, 0.1) is 17.8 Å². The summed E-state index contributed by atoms with van der Waals surface area (Å²) < 4.78 is 6.92. The molecule has 0 aromatic heterocycles. The molecule has 3 unspecified atom stereocenters. The van der Waals surface area contributed by atoms with Crippen LogP contribution in [-0.2, 0) is 4.43 Å². The summed E-state index contributed by atoms with van der Waals surface area (Å²) in [5.74, 6) is 2.20. The van der Waals surface area contributed by atoms with Gasteiger partial charge in [0, 0.05) is 6.10 Å². The van der Waals surface area contributed by atoms with Crippen LogP contribution in [0.1, 0.15) is 40.0 Å². The van der Waals surface area contributed by atoms with Crippen molar-refractivity contribution in [2.24, 2.45) is 17.8 Å². The third-order valence-corrected chi connectivity index (χ3v) is 8.74. The van der Waals surface area contributed by atoms with Crippen molar-refractivity contribution in [2.75, 3.05) is 0 Å². The highest BCUT2D eigenvalue weighted by molar-refractivity contribution is 6.85. The SMILES string of the molecule is C=CC[Si@](C)(OC1CC(C)CCC1C(C)C)c1ccccc1. The van der Waals surface area contributed by atoms with E-state index >= 15 is 0 Å². The Bertz CT molecular complexity index is 470. The molecule has 0 radical (unpaired) electrons. The predicted molar refractivity (Wildman–Crippen MR) is 98.9 cm³/mol. The van der Waals surface area contributed by atoms with Gasteiger partial charge < -0.3 is 4.43 Å². The van der Waals surface area contributed by atoms with Crippen LogP contribution in [0.3, 0.4) is 0 Å². The highest BCUT2D eigenvalue weighted by atomic mass is 28.4. The molecule has 1 aliphatic carbocycles. The second kappa shape index (κ2) is 7.61. The van der Waals surface area contributed by atoms with Gasteiger partial charge in [0.1, 0.15) is 0 Å². The highest BCUT2D eigenvalue weighted by Gasteiger charge is 2.39. The highest BCUT2D eigenvalue weighted by Crippen LogP contribution is 2.37. The van der Waals surface area contributed by atoms with Crippen molar-refractivity contribution < 1.29 is 4.43 Å². The van der Waals surface area contributed by atoms with Gasteiger partial charge in [0.2, 0.25) is 8.32 Å². The zero-order valence-corrected chi connectivity index (χ0v) is 15.7. The summed E-state index contributed by atoms with van der Waals surface area (Å²) in [7, 11) is -1.95. The Morgan fingerprint density at radius 2 is 1.95 bits per heavy atom. The molecule has 1 nitrogen and oxygen atoms in total. The summed E-state index contributed by atoms with van der Waals surface area (Å²) in [5.41, 5.74) is 0. The van der Waals surface area contributed by atoms with Crippen molar-refractivity contribution in [2.45, 2.75) is 58.7 Å². The van der Waals surface area contributed by atoms with Crippen LogP contribution in [0.25, 0.3) is 0 Å². The van der Waals surface area contributed by atoms with Gasteiger partial charge in [-0.1, -0.05) is 63.6 Å². The standard InChI is InChI=1S/C20H32OSi/c1-6-14-22(5,18-10-8-7-9-11-18)21-20-15-17(4)12-13-19(20)16(2)3/h6-11,16-17,19-20H,1,12-15H2,2-5H3/t17?,19?,20?,22-/m0/s1. The number of rotatable bonds is 6. The van der Waals surface area contributed by atoms with Crippen molar-refractivity contribution in [3.05, 3.63) is 43.0 Å².